The van der Waals surface area contributed by atoms with Gasteiger partial charge in [0.25, 0.3) is 0 Å². The monoisotopic (exact) mass is 518 g/mol. The van der Waals surface area contributed by atoms with Crippen LogP contribution in [0, 0.1) is 0 Å². The van der Waals surface area contributed by atoms with Crippen molar-refractivity contribution in [3.8, 4) is 0 Å². The Morgan fingerprint density at radius 1 is 1.11 bits per heavy atom. The summed E-state index contributed by atoms with van der Waals surface area (Å²) < 4.78 is 11.0. The van der Waals surface area contributed by atoms with Crippen LogP contribution < -0.4 is 5.32 Å². The Balaban J connectivity index is 1.99. The van der Waals surface area contributed by atoms with Gasteiger partial charge in [-0.05, 0) is 78.2 Å². The van der Waals surface area contributed by atoms with E-state index in [1.165, 1.54) is 0 Å². The first-order chi connectivity index (χ1) is 17.5. The first-order valence-corrected chi connectivity index (χ1v) is 13.2. The van der Waals surface area contributed by atoms with Crippen LogP contribution in [0.2, 0.25) is 0 Å². The number of unbranched alkanes of at least 4 members (excludes halogenated alkanes) is 2. The molecule has 37 heavy (non-hydrogen) atoms. The van der Waals surface area contributed by atoms with Crippen LogP contribution in [0.4, 0.5) is 0 Å². The number of nitrogens with zero attached hydrogens (tertiary/aromatic N) is 1. The van der Waals surface area contributed by atoms with Gasteiger partial charge >= 0.3 is 17.9 Å². The molecule has 3 unspecified atom stereocenters. The molecule has 1 aliphatic heterocycles. The van der Waals surface area contributed by atoms with E-state index in [4.69, 9.17) is 14.6 Å². The second kappa shape index (κ2) is 14.7. The van der Waals surface area contributed by atoms with E-state index in [2.05, 4.69) is 5.32 Å². The van der Waals surface area contributed by atoms with Crippen LogP contribution in [0.3, 0.4) is 0 Å². The smallest absolute Gasteiger partial charge is 0.329 e. The highest BCUT2D eigenvalue weighted by atomic mass is 16.6. The molecule has 1 fully saturated rings. The van der Waals surface area contributed by atoms with E-state index in [0.717, 1.165) is 5.56 Å². The molecule has 1 saturated heterocycles. The molecule has 3 atom stereocenters. The van der Waals surface area contributed by atoms with Crippen molar-refractivity contribution >= 4 is 23.8 Å². The summed E-state index contributed by atoms with van der Waals surface area (Å²) in [7, 11) is 0. The molecule has 0 radical (unpaired) electrons. The maximum absolute atomic E-state index is 13.3. The number of hydrogen-bond donors (Lipinski definition) is 2. The summed E-state index contributed by atoms with van der Waals surface area (Å²) in [6, 6.07) is 7.72. The third-order valence-corrected chi connectivity index (χ3v) is 6.16. The third kappa shape index (κ3) is 10.9. The van der Waals surface area contributed by atoms with E-state index in [9.17, 15) is 19.2 Å². The van der Waals surface area contributed by atoms with Gasteiger partial charge in [-0.15, -0.1) is 0 Å². The number of amides is 1. The van der Waals surface area contributed by atoms with Gasteiger partial charge in [0.1, 0.15) is 17.7 Å². The number of carboxylic acids is 1. The maximum Gasteiger partial charge on any atom is 0.329 e. The predicted octanol–water partition coefficient (Wildman–Crippen LogP) is 3.49. The summed E-state index contributed by atoms with van der Waals surface area (Å²) in [4.78, 5) is 51.1. The predicted molar refractivity (Wildman–Crippen MR) is 139 cm³/mol. The molecule has 1 aliphatic rings. The summed E-state index contributed by atoms with van der Waals surface area (Å²) in [5, 5.41) is 11.9. The van der Waals surface area contributed by atoms with Gasteiger partial charge in [-0.3, -0.25) is 19.7 Å². The lowest BCUT2D eigenvalue weighted by Gasteiger charge is -2.30. The van der Waals surface area contributed by atoms with Crippen LogP contribution in [0.5, 0.6) is 0 Å². The molecule has 0 saturated carbocycles. The van der Waals surface area contributed by atoms with Crippen molar-refractivity contribution in [3.05, 3.63) is 35.9 Å². The van der Waals surface area contributed by atoms with Crippen LogP contribution in [0.25, 0.3) is 0 Å². The number of esters is 2. The van der Waals surface area contributed by atoms with Gasteiger partial charge in [0.05, 0.1) is 12.6 Å². The number of carbonyl (C=O) groups excluding carboxylic acids is 3. The average molecular weight is 519 g/mol. The zero-order chi connectivity index (χ0) is 27.4. The minimum absolute atomic E-state index is 0.0929. The van der Waals surface area contributed by atoms with Crippen LogP contribution in [-0.4, -0.2) is 70.7 Å². The van der Waals surface area contributed by atoms with Crippen molar-refractivity contribution in [1.82, 2.24) is 10.2 Å². The zero-order valence-corrected chi connectivity index (χ0v) is 22.5. The van der Waals surface area contributed by atoms with Gasteiger partial charge in [-0.25, -0.2) is 4.79 Å². The van der Waals surface area contributed by atoms with Gasteiger partial charge in [0.15, 0.2) is 0 Å². The van der Waals surface area contributed by atoms with Gasteiger partial charge in [-0.2, -0.15) is 0 Å². The molecule has 2 rings (SSSR count). The molecule has 1 aromatic carbocycles. The Morgan fingerprint density at radius 2 is 1.81 bits per heavy atom. The fraction of sp³-hybridized carbons (Fsp3) is 0.643. The number of likely N-dealkylation sites (tertiary alicyclic amines) is 1. The van der Waals surface area contributed by atoms with Gasteiger partial charge in [-0.1, -0.05) is 30.3 Å². The Bertz CT molecular complexity index is 898. The topological polar surface area (TPSA) is 122 Å². The van der Waals surface area contributed by atoms with Crippen LogP contribution in [0.15, 0.2) is 30.3 Å². The fourth-order valence-corrected chi connectivity index (χ4v) is 4.32. The number of carboxylic acid groups (broad SMARTS) is 1. The summed E-state index contributed by atoms with van der Waals surface area (Å²) in [5.41, 5.74) is 0.428. The molecule has 1 heterocycles. The summed E-state index contributed by atoms with van der Waals surface area (Å²) >= 11 is 0. The summed E-state index contributed by atoms with van der Waals surface area (Å²) in [6.45, 7) is 7.74. The van der Waals surface area contributed by atoms with Crippen molar-refractivity contribution in [2.75, 3.05) is 13.2 Å². The first kappa shape index (κ1) is 30.3. The summed E-state index contributed by atoms with van der Waals surface area (Å²) in [6.07, 6.45) is 4.17. The number of aliphatic carboxylic acids is 1. The van der Waals surface area contributed by atoms with Crippen LogP contribution in [-0.2, 0) is 35.1 Å². The summed E-state index contributed by atoms with van der Waals surface area (Å²) in [5.74, 6) is -1.94. The fourth-order valence-electron chi connectivity index (χ4n) is 4.32. The molecule has 2 N–H and O–H groups in total. The van der Waals surface area contributed by atoms with Crippen LogP contribution >= 0.6 is 0 Å². The van der Waals surface area contributed by atoms with E-state index in [1.54, 1.807) is 32.6 Å². The minimum Gasteiger partial charge on any atom is -0.481 e. The number of ether oxygens (including phenoxy) is 2. The highest BCUT2D eigenvalue weighted by Crippen LogP contribution is 2.22. The molecule has 1 amide bonds. The quantitative estimate of drug-likeness (QED) is 0.284. The van der Waals surface area contributed by atoms with Crippen molar-refractivity contribution < 1.29 is 33.8 Å². The first-order valence-electron chi connectivity index (χ1n) is 13.2. The number of benzene rings is 1. The number of nitrogens with one attached hydrogen (secondary N) is 1. The number of hydrogen-bond acceptors (Lipinski definition) is 7. The molecule has 1 aromatic rings. The molecule has 9 heteroatoms. The Labute approximate surface area is 219 Å². The molecule has 0 aliphatic carbocycles. The molecule has 0 aromatic heterocycles. The highest BCUT2D eigenvalue weighted by Gasteiger charge is 2.39. The molecular weight excluding hydrogens is 476 g/mol. The SMILES string of the molecule is CC(NC(CCc1ccccc1)C(=O)OCCCCCC(=O)O)C(=O)N1CCCC1C(=O)OC(C)(C)C. The third-order valence-electron chi connectivity index (χ3n) is 6.16. The Kier molecular flexibility index (Phi) is 12.0. The molecule has 206 valence electrons. The van der Waals surface area contributed by atoms with E-state index >= 15 is 0 Å². The lowest BCUT2D eigenvalue weighted by molar-refractivity contribution is -0.163. The Hall–Kier alpha value is -2.94. The second-order valence-corrected chi connectivity index (χ2v) is 10.6. The average Bonchev–Trinajstić information content (AvgIpc) is 3.32. The van der Waals surface area contributed by atoms with E-state index < -0.39 is 41.6 Å². The van der Waals surface area contributed by atoms with Gasteiger partial charge < -0.3 is 19.5 Å². The number of aryl methyl sites for hydroxylation is 1. The van der Waals surface area contributed by atoms with Crippen molar-refractivity contribution in [2.24, 2.45) is 0 Å². The maximum atomic E-state index is 13.3. The van der Waals surface area contributed by atoms with E-state index in [-0.39, 0.29) is 18.9 Å². The molecule has 9 nitrogen and oxygen atoms in total. The van der Waals surface area contributed by atoms with E-state index in [1.807, 2.05) is 30.3 Å². The largest absolute Gasteiger partial charge is 0.481 e. The number of carbonyl (C=O) groups is 4. The molecule has 0 spiro atoms. The lowest BCUT2D eigenvalue weighted by Crippen LogP contribution is -2.54. The van der Waals surface area contributed by atoms with Crippen molar-refractivity contribution in [3.63, 3.8) is 0 Å². The van der Waals surface area contributed by atoms with Crippen molar-refractivity contribution in [1.29, 1.82) is 0 Å². The van der Waals surface area contributed by atoms with Gasteiger partial charge in [0.2, 0.25) is 5.91 Å². The molecule has 0 bridgehead atoms. The Morgan fingerprint density at radius 3 is 2.46 bits per heavy atom. The van der Waals surface area contributed by atoms with Gasteiger partial charge in [0, 0.05) is 13.0 Å². The number of rotatable bonds is 14. The van der Waals surface area contributed by atoms with Crippen molar-refractivity contribution in [2.45, 2.75) is 103 Å². The standard InChI is InChI=1S/C28H42N2O7/c1-20(25(33)30-18-11-14-23(30)27(35)37-28(2,3)4)29-22(17-16-21-12-7-5-8-13-21)26(34)36-19-10-6-9-15-24(31)32/h5,7-8,12-13,20,22-23,29H,6,9-11,14-19H2,1-4H3,(H,31,32). The van der Waals surface area contributed by atoms with E-state index in [0.29, 0.717) is 51.5 Å². The lowest BCUT2D eigenvalue weighted by atomic mass is 10.0. The minimum atomic E-state index is -0.840. The highest BCUT2D eigenvalue weighted by molar-refractivity contribution is 5.88. The second-order valence-electron chi connectivity index (χ2n) is 10.6. The zero-order valence-electron chi connectivity index (χ0n) is 22.5. The molecular formula is C28H42N2O7. The normalized spacial score (nSPS) is 17.2. The van der Waals surface area contributed by atoms with Crippen LogP contribution in [0.1, 0.15) is 78.2 Å².